The number of unbranched alkanes of at least 4 members (excludes halogenated alkanes) is 13. The van der Waals surface area contributed by atoms with Crippen molar-refractivity contribution in [3.63, 3.8) is 0 Å². The molecule has 0 saturated heterocycles. The second-order valence-electron chi connectivity index (χ2n) is 12.5. The summed E-state index contributed by atoms with van der Waals surface area (Å²) in [4.78, 5) is 30.5. The number of hydrogen-bond donors (Lipinski definition) is 2. The van der Waals surface area contributed by atoms with Crippen LogP contribution in [-0.4, -0.2) is 41.7 Å². The van der Waals surface area contributed by atoms with E-state index in [1.165, 1.54) is 77.0 Å². The molecule has 0 radical (unpaired) electrons. The summed E-state index contributed by atoms with van der Waals surface area (Å²) in [5.41, 5.74) is 0. The fourth-order valence-corrected chi connectivity index (χ4v) is 5.36. The Hall–Kier alpha value is -2.02. The first-order valence-corrected chi connectivity index (χ1v) is 20.8. The summed E-state index contributed by atoms with van der Waals surface area (Å²) in [5, 5.41) is 0. The van der Waals surface area contributed by atoms with Crippen molar-refractivity contribution in [1.82, 2.24) is 0 Å². The lowest BCUT2D eigenvalue weighted by Crippen LogP contribution is -2.28. The van der Waals surface area contributed by atoms with Crippen molar-refractivity contribution in [2.75, 3.05) is 19.8 Å². The predicted octanol–water partition coefficient (Wildman–Crippen LogP) is 12.0. The molecular formula is C41H71O7P. The van der Waals surface area contributed by atoms with Gasteiger partial charge in [-0.3, -0.25) is 9.32 Å². The van der Waals surface area contributed by atoms with E-state index in [4.69, 9.17) is 19.3 Å². The van der Waals surface area contributed by atoms with E-state index in [1.807, 2.05) is 12.2 Å². The second kappa shape index (κ2) is 37.2. The zero-order chi connectivity index (χ0) is 35.9. The monoisotopic (exact) mass is 706 g/mol. The number of esters is 1. The van der Waals surface area contributed by atoms with Gasteiger partial charge in [0.05, 0.1) is 13.2 Å². The largest absolute Gasteiger partial charge is 0.469 e. The highest BCUT2D eigenvalue weighted by Crippen LogP contribution is 2.35. The Morgan fingerprint density at radius 3 is 1.41 bits per heavy atom. The van der Waals surface area contributed by atoms with E-state index in [-0.39, 0.29) is 13.0 Å². The minimum absolute atomic E-state index is 0.0457. The van der Waals surface area contributed by atoms with E-state index >= 15 is 0 Å². The van der Waals surface area contributed by atoms with Crippen LogP contribution in [0.3, 0.4) is 0 Å². The van der Waals surface area contributed by atoms with Gasteiger partial charge in [-0.2, -0.15) is 0 Å². The van der Waals surface area contributed by atoms with E-state index in [0.717, 1.165) is 51.4 Å². The highest BCUT2D eigenvalue weighted by atomic mass is 31.2. The van der Waals surface area contributed by atoms with Crippen molar-refractivity contribution in [2.45, 2.75) is 161 Å². The van der Waals surface area contributed by atoms with Crippen LogP contribution in [0.5, 0.6) is 0 Å². The van der Waals surface area contributed by atoms with Crippen molar-refractivity contribution < 1.29 is 33.1 Å². The van der Waals surface area contributed by atoms with Crippen LogP contribution in [0, 0.1) is 0 Å². The molecule has 0 aromatic rings. The van der Waals surface area contributed by atoms with Gasteiger partial charge in [0.25, 0.3) is 0 Å². The molecule has 0 saturated carbocycles. The molecule has 0 amide bonds. The summed E-state index contributed by atoms with van der Waals surface area (Å²) < 4.78 is 26.8. The van der Waals surface area contributed by atoms with Crippen LogP contribution in [0.4, 0.5) is 0 Å². The Morgan fingerprint density at radius 1 is 0.571 bits per heavy atom. The van der Waals surface area contributed by atoms with Gasteiger partial charge in [0.15, 0.2) is 0 Å². The minimum Gasteiger partial charge on any atom is -0.457 e. The van der Waals surface area contributed by atoms with Crippen molar-refractivity contribution in [1.29, 1.82) is 0 Å². The summed E-state index contributed by atoms with van der Waals surface area (Å²) >= 11 is 0. The number of rotatable bonds is 35. The second-order valence-corrected chi connectivity index (χ2v) is 13.8. The summed E-state index contributed by atoms with van der Waals surface area (Å²) in [6.45, 7) is 4.55. The molecule has 7 nitrogen and oxygen atoms in total. The summed E-state index contributed by atoms with van der Waals surface area (Å²) in [7, 11) is -4.67. The highest BCUT2D eigenvalue weighted by molar-refractivity contribution is 7.46. The maximum atomic E-state index is 12.3. The van der Waals surface area contributed by atoms with Gasteiger partial charge in [-0.15, -0.1) is 0 Å². The van der Waals surface area contributed by atoms with E-state index in [0.29, 0.717) is 13.0 Å². The summed E-state index contributed by atoms with van der Waals surface area (Å²) in [5.74, 6) is -0.445. The zero-order valence-corrected chi connectivity index (χ0v) is 32.0. The Morgan fingerprint density at radius 2 is 0.980 bits per heavy atom. The van der Waals surface area contributed by atoms with Crippen LogP contribution >= 0.6 is 7.82 Å². The smallest absolute Gasteiger partial charge is 0.457 e. The SMILES string of the molecule is CC/C=C\C/C=C\C/C=C\C/C=C\C/C=C\C/C=C\CCC(=O)O[C@H](COCCCCCCCCCCCCCCCC)COP(=O)(O)O. The first-order valence-electron chi connectivity index (χ1n) is 19.3. The number of ether oxygens (including phenoxy) is 2. The molecule has 0 aromatic heterocycles. The van der Waals surface area contributed by atoms with Crippen LogP contribution in [0.25, 0.3) is 0 Å². The van der Waals surface area contributed by atoms with Crippen molar-refractivity contribution in [3.8, 4) is 0 Å². The molecule has 282 valence electrons. The van der Waals surface area contributed by atoms with Crippen molar-refractivity contribution in [3.05, 3.63) is 72.9 Å². The van der Waals surface area contributed by atoms with Gasteiger partial charge in [0.2, 0.25) is 0 Å². The van der Waals surface area contributed by atoms with Crippen LogP contribution in [0.2, 0.25) is 0 Å². The molecule has 0 rings (SSSR count). The third-order valence-electron chi connectivity index (χ3n) is 7.78. The van der Waals surface area contributed by atoms with Crippen molar-refractivity contribution in [2.24, 2.45) is 0 Å². The lowest BCUT2D eigenvalue weighted by Gasteiger charge is -2.18. The number of allylic oxidation sites excluding steroid dienone is 12. The van der Waals surface area contributed by atoms with Gasteiger partial charge in [0, 0.05) is 13.0 Å². The molecule has 0 aliphatic rings. The number of carbonyl (C=O) groups excluding carboxylic acids is 1. The third kappa shape index (κ3) is 40.3. The molecule has 0 aromatic carbocycles. The van der Waals surface area contributed by atoms with Gasteiger partial charge in [-0.1, -0.05) is 170 Å². The number of carbonyl (C=O) groups is 1. The van der Waals surface area contributed by atoms with Crippen LogP contribution in [0.15, 0.2) is 72.9 Å². The van der Waals surface area contributed by atoms with E-state index in [2.05, 4.69) is 79.1 Å². The predicted molar refractivity (Wildman–Crippen MR) is 206 cm³/mol. The van der Waals surface area contributed by atoms with Gasteiger partial charge in [-0.05, 0) is 51.4 Å². The van der Waals surface area contributed by atoms with E-state index in [1.54, 1.807) is 0 Å². The molecule has 0 spiro atoms. The van der Waals surface area contributed by atoms with Gasteiger partial charge in [-0.25, -0.2) is 4.57 Å². The number of phosphoric ester groups is 1. The molecule has 0 heterocycles. The quantitative estimate of drug-likeness (QED) is 0.0293. The molecule has 0 aliphatic heterocycles. The maximum absolute atomic E-state index is 12.3. The minimum atomic E-state index is -4.67. The normalized spacial score (nSPS) is 13.5. The molecule has 1 atom stereocenters. The number of phosphoric acid groups is 1. The molecular weight excluding hydrogens is 635 g/mol. The maximum Gasteiger partial charge on any atom is 0.469 e. The first kappa shape index (κ1) is 47.0. The molecule has 0 unspecified atom stereocenters. The van der Waals surface area contributed by atoms with Gasteiger partial charge < -0.3 is 19.3 Å². The Bertz CT molecular complexity index is 961. The van der Waals surface area contributed by atoms with Crippen molar-refractivity contribution >= 4 is 13.8 Å². The van der Waals surface area contributed by atoms with Crippen LogP contribution in [0.1, 0.15) is 155 Å². The summed E-state index contributed by atoms with van der Waals surface area (Å²) in [6.07, 6.45) is 49.0. The molecule has 8 heteroatoms. The molecule has 0 bridgehead atoms. The van der Waals surface area contributed by atoms with Gasteiger partial charge >= 0.3 is 13.8 Å². The number of hydrogen-bond acceptors (Lipinski definition) is 5. The average Bonchev–Trinajstić information content (AvgIpc) is 3.07. The fourth-order valence-electron chi connectivity index (χ4n) is 5.00. The van der Waals surface area contributed by atoms with E-state index < -0.39 is 26.5 Å². The standard InChI is InChI=1S/C41H71O7P/c1-3-5-7-9-11-13-15-17-19-20-21-22-23-24-26-28-30-32-34-36-41(42)48-40(39-47-49(43,44)45)38-46-37-35-33-31-29-27-25-18-16-14-12-10-8-6-4-2/h5,7,11,13,17,19,21-22,24,26,30,32,40H,3-4,6,8-10,12,14-16,18,20,23,25,27-29,31,33-39H2,1-2H3,(H2,43,44,45)/b7-5-,13-11-,19-17-,22-21-,26-24-,32-30-/t40-/m1/s1. The van der Waals surface area contributed by atoms with Crippen LogP contribution < -0.4 is 0 Å². The van der Waals surface area contributed by atoms with Gasteiger partial charge in [0.1, 0.15) is 6.10 Å². The summed E-state index contributed by atoms with van der Waals surface area (Å²) in [6, 6.07) is 0. The Balaban J connectivity index is 3.99. The topological polar surface area (TPSA) is 102 Å². The molecule has 49 heavy (non-hydrogen) atoms. The van der Waals surface area contributed by atoms with Crippen LogP contribution in [-0.2, 0) is 23.4 Å². The lowest BCUT2D eigenvalue weighted by molar-refractivity contribution is -0.154. The third-order valence-corrected chi connectivity index (χ3v) is 8.27. The fraction of sp³-hybridized carbons (Fsp3) is 0.683. The molecule has 0 fully saturated rings. The Labute approximate surface area is 300 Å². The first-order chi connectivity index (χ1) is 23.9. The Kier molecular flexibility index (Phi) is 35.7. The zero-order valence-electron chi connectivity index (χ0n) is 31.1. The molecule has 0 aliphatic carbocycles. The lowest BCUT2D eigenvalue weighted by atomic mass is 10.0. The van der Waals surface area contributed by atoms with E-state index in [9.17, 15) is 9.36 Å². The molecule has 2 N–H and O–H groups in total. The average molecular weight is 707 g/mol. The highest BCUT2D eigenvalue weighted by Gasteiger charge is 2.21.